The number of hydrogen-bond acceptors (Lipinski definition) is 5. The molecule has 3 aromatic rings. The second-order valence-electron chi connectivity index (χ2n) is 9.83. The van der Waals surface area contributed by atoms with Gasteiger partial charge in [0.2, 0.25) is 0 Å². The Morgan fingerprint density at radius 1 is 0.700 bits per heavy atom. The highest BCUT2D eigenvalue weighted by Crippen LogP contribution is 2.27. The molecule has 2 saturated heterocycles. The highest BCUT2D eigenvalue weighted by atomic mass is 35.5. The summed E-state index contributed by atoms with van der Waals surface area (Å²) in [5.74, 6) is -0.782. The molecule has 2 N–H and O–H groups in total. The molecule has 0 saturated carbocycles. The topological polar surface area (TPSA) is 93.2 Å². The molecule has 2 aliphatic heterocycles. The maximum absolute atomic E-state index is 13.6. The lowest BCUT2D eigenvalue weighted by molar-refractivity contribution is 0.0376. The van der Waals surface area contributed by atoms with Crippen LogP contribution in [0.5, 0.6) is 0 Å². The third-order valence-electron chi connectivity index (χ3n) is 7.27. The number of aliphatic hydroxyl groups is 1. The second kappa shape index (κ2) is 12.2. The first-order valence-electron chi connectivity index (χ1n) is 12.8. The van der Waals surface area contributed by atoms with Crippen molar-refractivity contribution in [2.75, 3.05) is 44.6 Å². The maximum Gasteiger partial charge on any atom is 0.256 e. The van der Waals surface area contributed by atoms with E-state index in [9.17, 15) is 19.5 Å². The third kappa shape index (κ3) is 6.27. The second-order valence-corrected chi connectivity index (χ2v) is 11.1. The lowest BCUT2D eigenvalue weighted by Crippen LogP contribution is -2.54. The molecule has 2 atom stereocenters. The van der Waals surface area contributed by atoms with Gasteiger partial charge in [-0.3, -0.25) is 19.3 Å². The molecule has 208 valence electrons. The number of β-amino-alcohol motifs (C(OH)–C–C–N with tert-alkyl or cyclic N) is 1. The fraction of sp³-hybridized carbons (Fsp3) is 0.276. The molecule has 0 radical (unpaired) electrons. The Morgan fingerprint density at radius 3 is 1.90 bits per heavy atom. The van der Waals surface area contributed by atoms with Crippen molar-refractivity contribution in [3.8, 4) is 0 Å². The quantitative estimate of drug-likeness (QED) is 0.448. The number of likely N-dealkylation sites (tertiary alicyclic amines) is 1. The van der Waals surface area contributed by atoms with Crippen LogP contribution in [0.25, 0.3) is 0 Å². The van der Waals surface area contributed by atoms with E-state index in [0.717, 1.165) is 0 Å². The largest absolute Gasteiger partial charge is 0.390 e. The molecule has 0 aromatic heterocycles. The number of benzene rings is 3. The van der Waals surface area contributed by atoms with E-state index < -0.39 is 12.0 Å². The molecule has 3 aromatic carbocycles. The summed E-state index contributed by atoms with van der Waals surface area (Å²) in [5, 5.41) is 15.1. The van der Waals surface area contributed by atoms with Crippen LogP contribution in [0.1, 0.15) is 31.1 Å². The van der Waals surface area contributed by atoms with Crippen molar-refractivity contribution in [2.24, 2.45) is 0 Å². The van der Waals surface area contributed by atoms with Crippen molar-refractivity contribution < 1.29 is 19.5 Å². The number of rotatable bonds is 5. The Labute approximate surface area is 247 Å². The third-order valence-corrected chi connectivity index (χ3v) is 8.01. The van der Waals surface area contributed by atoms with Crippen molar-refractivity contribution in [1.82, 2.24) is 14.7 Å². The average Bonchev–Trinajstić information content (AvgIpc) is 3.34. The SMILES string of the molecule is O=C(Nc1cc(Cl)ccc1C(=O)N1C[C@@H](O)[C@H](N2CCN(C(=O)c3ccc(Cl)cc3)CC2)C1)c1ccc(Cl)cc1. The van der Waals surface area contributed by atoms with Crippen molar-refractivity contribution in [2.45, 2.75) is 12.1 Å². The van der Waals surface area contributed by atoms with Crippen LogP contribution in [0.15, 0.2) is 66.7 Å². The van der Waals surface area contributed by atoms with Crippen LogP contribution in [0.4, 0.5) is 5.69 Å². The zero-order valence-corrected chi connectivity index (χ0v) is 23.7. The van der Waals surface area contributed by atoms with Crippen molar-refractivity contribution in [3.63, 3.8) is 0 Å². The molecule has 0 aliphatic carbocycles. The monoisotopic (exact) mass is 600 g/mol. The summed E-state index contributed by atoms with van der Waals surface area (Å²) in [4.78, 5) is 44.7. The zero-order valence-electron chi connectivity index (χ0n) is 21.4. The molecular weight excluding hydrogens is 575 g/mol. The van der Waals surface area contributed by atoms with Gasteiger partial charge in [0.25, 0.3) is 17.7 Å². The number of nitrogens with zero attached hydrogens (tertiary/aromatic N) is 3. The van der Waals surface area contributed by atoms with E-state index in [1.807, 2.05) is 0 Å². The molecular formula is C29H27Cl3N4O4. The van der Waals surface area contributed by atoms with Crippen LogP contribution in [-0.4, -0.2) is 88.9 Å². The minimum Gasteiger partial charge on any atom is -0.390 e. The fourth-order valence-corrected chi connectivity index (χ4v) is 5.52. The van der Waals surface area contributed by atoms with E-state index >= 15 is 0 Å². The first kappa shape index (κ1) is 28.4. The zero-order chi connectivity index (χ0) is 28.4. The van der Waals surface area contributed by atoms with Crippen molar-refractivity contribution in [1.29, 1.82) is 0 Å². The smallest absolute Gasteiger partial charge is 0.256 e. The highest BCUT2D eigenvalue weighted by molar-refractivity contribution is 6.31. The van der Waals surface area contributed by atoms with Gasteiger partial charge in [-0.15, -0.1) is 0 Å². The summed E-state index contributed by atoms with van der Waals surface area (Å²) in [6, 6.07) is 17.6. The van der Waals surface area contributed by atoms with Gasteiger partial charge < -0.3 is 20.2 Å². The number of amides is 3. The van der Waals surface area contributed by atoms with Gasteiger partial charge in [-0.25, -0.2) is 0 Å². The van der Waals surface area contributed by atoms with Gasteiger partial charge in [-0.2, -0.15) is 0 Å². The predicted octanol–water partition coefficient (Wildman–Crippen LogP) is 4.54. The summed E-state index contributed by atoms with van der Waals surface area (Å²) in [6.07, 6.45) is -0.748. The Morgan fingerprint density at radius 2 is 1.27 bits per heavy atom. The van der Waals surface area contributed by atoms with Gasteiger partial charge in [0.1, 0.15) is 0 Å². The van der Waals surface area contributed by atoms with Gasteiger partial charge in [-0.1, -0.05) is 34.8 Å². The minimum absolute atomic E-state index is 0.0593. The lowest BCUT2D eigenvalue weighted by Gasteiger charge is -2.38. The molecule has 0 bridgehead atoms. The molecule has 0 unspecified atom stereocenters. The van der Waals surface area contributed by atoms with Gasteiger partial charge in [0.05, 0.1) is 23.4 Å². The maximum atomic E-state index is 13.6. The summed E-state index contributed by atoms with van der Waals surface area (Å²) in [7, 11) is 0. The van der Waals surface area contributed by atoms with E-state index in [4.69, 9.17) is 34.8 Å². The highest BCUT2D eigenvalue weighted by Gasteiger charge is 2.39. The number of aliphatic hydroxyl groups excluding tert-OH is 1. The van der Waals surface area contributed by atoms with Gasteiger partial charge >= 0.3 is 0 Å². The normalized spacial score (nSPS) is 19.5. The molecule has 3 amide bonds. The summed E-state index contributed by atoms with van der Waals surface area (Å²) in [6.45, 7) is 2.64. The van der Waals surface area contributed by atoms with Crippen LogP contribution < -0.4 is 5.32 Å². The Hall–Kier alpha value is -3.14. The molecule has 40 heavy (non-hydrogen) atoms. The van der Waals surface area contributed by atoms with Crippen LogP contribution in [-0.2, 0) is 0 Å². The van der Waals surface area contributed by atoms with E-state index in [2.05, 4.69) is 10.2 Å². The number of carbonyl (C=O) groups is 3. The van der Waals surface area contributed by atoms with Gasteiger partial charge in [0.15, 0.2) is 0 Å². The summed E-state index contributed by atoms with van der Waals surface area (Å²) in [5.41, 5.74) is 1.52. The number of anilines is 1. The van der Waals surface area contributed by atoms with E-state index in [1.54, 1.807) is 70.5 Å². The summed E-state index contributed by atoms with van der Waals surface area (Å²) >= 11 is 18.0. The van der Waals surface area contributed by atoms with E-state index in [1.165, 1.54) is 6.07 Å². The van der Waals surface area contributed by atoms with Crippen LogP contribution in [0.2, 0.25) is 15.1 Å². The number of carbonyl (C=O) groups excluding carboxylic acids is 3. The number of piperazine rings is 1. The number of hydrogen-bond donors (Lipinski definition) is 2. The number of halogens is 3. The molecule has 2 fully saturated rings. The first-order valence-corrected chi connectivity index (χ1v) is 14.0. The van der Waals surface area contributed by atoms with Gasteiger partial charge in [0, 0.05) is 65.5 Å². The van der Waals surface area contributed by atoms with Crippen molar-refractivity contribution >= 4 is 58.2 Å². The van der Waals surface area contributed by atoms with Crippen LogP contribution >= 0.6 is 34.8 Å². The Bertz CT molecular complexity index is 1410. The standard InChI is InChI=1S/C29H27Cl3N4O4/c30-20-5-1-18(2-6-20)27(38)33-24-15-22(32)9-10-23(24)29(40)36-16-25(26(37)17-36)34-11-13-35(14-12-34)28(39)19-3-7-21(31)8-4-19/h1-10,15,25-26,37H,11-14,16-17H2,(H,33,38)/t25-,26-/m1/s1. The molecule has 11 heteroatoms. The minimum atomic E-state index is -0.748. The van der Waals surface area contributed by atoms with Gasteiger partial charge in [-0.05, 0) is 66.7 Å². The van der Waals surface area contributed by atoms with E-state index in [0.29, 0.717) is 58.9 Å². The molecule has 8 nitrogen and oxygen atoms in total. The first-order chi connectivity index (χ1) is 19.2. The van der Waals surface area contributed by atoms with E-state index in [-0.39, 0.29) is 35.7 Å². The molecule has 0 spiro atoms. The Kier molecular flexibility index (Phi) is 8.63. The molecule has 2 heterocycles. The number of nitrogens with one attached hydrogen (secondary N) is 1. The molecule has 5 rings (SSSR count). The Balaban J connectivity index is 1.23. The summed E-state index contributed by atoms with van der Waals surface area (Å²) < 4.78 is 0. The lowest BCUT2D eigenvalue weighted by atomic mass is 10.1. The average molecular weight is 602 g/mol. The van der Waals surface area contributed by atoms with Crippen LogP contribution in [0.3, 0.4) is 0 Å². The van der Waals surface area contributed by atoms with Crippen LogP contribution in [0, 0.1) is 0 Å². The predicted molar refractivity (Wildman–Crippen MR) is 155 cm³/mol. The molecule has 2 aliphatic rings. The van der Waals surface area contributed by atoms with Crippen molar-refractivity contribution in [3.05, 3.63) is 98.5 Å². The fourth-order valence-electron chi connectivity index (χ4n) is 5.10.